The van der Waals surface area contributed by atoms with Crippen molar-refractivity contribution in [3.05, 3.63) is 92.4 Å². The molecule has 0 saturated carbocycles. The van der Waals surface area contributed by atoms with E-state index >= 15 is 4.11 Å². The van der Waals surface area contributed by atoms with Gasteiger partial charge < -0.3 is 23.6 Å². The summed E-state index contributed by atoms with van der Waals surface area (Å²) in [5.74, 6) is -0.832. The fourth-order valence-corrected chi connectivity index (χ4v) is 9.02. The van der Waals surface area contributed by atoms with Gasteiger partial charge in [-0.15, -0.1) is 0 Å². The summed E-state index contributed by atoms with van der Waals surface area (Å²) in [5, 5.41) is 21.4. The number of hydrogen-bond donors (Lipinski definition) is 1. The molecule has 1 spiro atoms. The van der Waals surface area contributed by atoms with Crippen LogP contribution in [-0.2, 0) is 21.7 Å². The number of benzene rings is 2. The number of aliphatic hydroxyl groups excluding tert-OH is 1. The number of ether oxygens (including phenoxy) is 2. The number of nitro benzene ring substituents is 1. The normalized spacial score (nSPS) is 23.7. The smallest absolute Gasteiger partial charge is 0.297 e. The number of anilines is 1. The standard InChI is InChI=1S/C29H32FN3O7Si/c1-18-26(41(3,4)30)24(13-15-34)40-29(18)22-16-21(33(37)38)11-12-23(22)32(28(29)36)17-19-7-9-20(10-8-19)31-14-5-6-25(39-2)27(31)35/h5-12,14,16,18,24,26,34H,13,15,17H2,1-4H3/t18-,24+,26-,29+/m1/s1. The largest absolute Gasteiger partial charge is 0.491 e. The summed E-state index contributed by atoms with van der Waals surface area (Å²) in [6.45, 7) is 4.77. The number of methoxy groups -OCH3 is 1. The second-order valence-electron chi connectivity index (χ2n) is 11.1. The van der Waals surface area contributed by atoms with Gasteiger partial charge in [-0.3, -0.25) is 24.3 Å². The minimum atomic E-state index is -3.39. The number of non-ortho nitro benzene ring substituents is 1. The predicted molar refractivity (Wildman–Crippen MR) is 153 cm³/mol. The summed E-state index contributed by atoms with van der Waals surface area (Å²) < 4.78 is 28.7. The van der Waals surface area contributed by atoms with Gasteiger partial charge in [0.1, 0.15) is 0 Å². The molecule has 10 nitrogen and oxygen atoms in total. The number of nitrogens with zero attached hydrogens (tertiary/aromatic N) is 3. The number of carbonyl (C=O) groups excluding carboxylic acids is 1. The summed E-state index contributed by atoms with van der Waals surface area (Å²) in [7, 11) is -1.96. The van der Waals surface area contributed by atoms with Gasteiger partial charge in [-0.25, -0.2) is 0 Å². The average Bonchev–Trinajstić information content (AvgIpc) is 3.36. The van der Waals surface area contributed by atoms with Crippen molar-refractivity contribution in [3.8, 4) is 11.4 Å². The molecular weight excluding hydrogens is 549 g/mol. The maximum absolute atomic E-state index is 15.7. The molecule has 1 aromatic heterocycles. The van der Waals surface area contributed by atoms with Gasteiger partial charge in [-0.05, 0) is 55.4 Å². The van der Waals surface area contributed by atoms with Crippen LogP contribution in [0.25, 0.3) is 5.69 Å². The number of aliphatic hydroxyl groups is 1. The number of fused-ring (bicyclic) bond motifs is 2. The minimum Gasteiger partial charge on any atom is -0.491 e. The van der Waals surface area contributed by atoms with E-state index in [9.17, 15) is 24.8 Å². The molecule has 3 aromatic rings. The molecule has 2 aromatic carbocycles. The molecule has 1 N–H and O–H groups in total. The lowest BCUT2D eigenvalue weighted by Crippen LogP contribution is -2.45. The molecule has 41 heavy (non-hydrogen) atoms. The fraction of sp³-hybridized carbons (Fsp3) is 0.379. The van der Waals surface area contributed by atoms with Gasteiger partial charge in [-0.2, -0.15) is 0 Å². The van der Waals surface area contributed by atoms with Gasteiger partial charge >= 0.3 is 0 Å². The number of carbonyl (C=O) groups is 1. The van der Waals surface area contributed by atoms with Crippen LogP contribution in [0.3, 0.4) is 0 Å². The first-order valence-electron chi connectivity index (χ1n) is 13.4. The molecule has 0 unspecified atom stereocenters. The van der Waals surface area contributed by atoms with Crippen molar-refractivity contribution in [2.75, 3.05) is 18.6 Å². The highest BCUT2D eigenvalue weighted by Crippen LogP contribution is 2.60. The molecule has 2 aliphatic heterocycles. The van der Waals surface area contributed by atoms with Gasteiger partial charge in [0.2, 0.25) is 8.41 Å². The first-order valence-corrected chi connectivity index (χ1v) is 16.3. The molecule has 1 amide bonds. The van der Waals surface area contributed by atoms with Crippen molar-refractivity contribution < 1.29 is 28.4 Å². The number of pyridine rings is 1. The Labute approximate surface area is 237 Å². The Morgan fingerprint density at radius 3 is 2.49 bits per heavy atom. The third kappa shape index (κ3) is 4.65. The van der Waals surface area contributed by atoms with Gasteiger partial charge in [0, 0.05) is 47.6 Å². The van der Waals surface area contributed by atoms with E-state index in [4.69, 9.17) is 9.47 Å². The Balaban J connectivity index is 1.55. The Hall–Kier alpha value is -3.87. The summed E-state index contributed by atoms with van der Waals surface area (Å²) in [6, 6.07) is 14.6. The van der Waals surface area contributed by atoms with E-state index < -0.39 is 42.4 Å². The van der Waals surface area contributed by atoms with Crippen LogP contribution in [0.15, 0.2) is 65.6 Å². The van der Waals surface area contributed by atoms with Gasteiger partial charge in [-0.1, -0.05) is 19.1 Å². The van der Waals surface area contributed by atoms with Crippen LogP contribution in [0.4, 0.5) is 15.5 Å². The van der Waals surface area contributed by atoms with Crippen molar-refractivity contribution in [2.45, 2.75) is 50.2 Å². The number of amides is 1. The topological polar surface area (TPSA) is 124 Å². The molecule has 12 heteroatoms. The SMILES string of the molecule is COc1cccn(-c2ccc(CN3C(=O)[C@@]4(O[C@@H](CCO)[C@H]([Si](C)(C)F)[C@H]4C)c4cc([N+](=O)[O-])ccc43)cc2)c1=O. The summed E-state index contributed by atoms with van der Waals surface area (Å²) in [5.41, 5.74) is -0.574. The molecule has 0 radical (unpaired) electrons. The van der Waals surface area contributed by atoms with E-state index in [1.807, 2.05) is 0 Å². The zero-order chi connectivity index (χ0) is 29.7. The highest BCUT2D eigenvalue weighted by Gasteiger charge is 2.66. The fourth-order valence-electron chi connectivity index (χ4n) is 6.48. The van der Waals surface area contributed by atoms with Crippen LogP contribution in [0.5, 0.6) is 5.75 Å². The third-order valence-electron chi connectivity index (χ3n) is 8.26. The predicted octanol–water partition coefficient (Wildman–Crippen LogP) is 4.46. The second kappa shape index (κ2) is 10.5. The third-order valence-corrected chi connectivity index (χ3v) is 10.7. The van der Waals surface area contributed by atoms with Crippen molar-refractivity contribution in [1.82, 2.24) is 4.57 Å². The van der Waals surface area contributed by atoms with Crippen LogP contribution < -0.4 is 15.2 Å². The molecule has 216 valence electrons. The van der Waals surface area contributed by atoms with Crippen LogP contribution in [0.1, 0.15) is 24.5 Å². The monoisotopic (exact) mass is 581 g/mol. The van der Waals surface area contributed by atoms with E-state index in [-0.39, 0.29) is 36.6 Å². The molecule has 1 saturated heterocycles. The van der Waals surface area contributed by atoms with E-state index in [0.29, 0.717) is 16.9 Å². The van der Waals surface area contributed by atoms with Crippen molar-refractivity contribution >= 4 is 25.7 Å². The van der Waals surface area contributed by atoms with Crippen molar-refractivity contribution in [3.63, 3.8) is 0 Å². The molecule has 0 bridgehead atoms. The van der Waals surface area contributed by atoms with Crippen LogP contribution >= 0.6 is 0 Å². The number of nitro groups is 1. The number of halogens is 1. The van der Waals surface area contributed by atoms with Gasteiger partial charge in [0.15, 0.2) is 11.4 Å². The average molecular weight is 582 g/mol. The summed E-state index contributed by atoms with van der Waals surface area (Å²) >= 11 is 0. The molecular formula is C29H32FN3O7Si. The van der Waals surface area contributed by atoms with E-state index in [1.54, 1.807) is 62.6 Å². The molecule has 2 aliphatic rings. The van der Waals surface area contributed by atoms with Crippen LogP contribution in [0.2, 0.25) is 18.6 Å². The quantitative estimate of drug-likeness (QED) is 0.180. The Morgan fingerprint density at radius 1 is 1.17 bits per heavy atom. The van der Waals surface area contributed by atoms with Crippen LogP contribution in [-0.4, -0.2) is 48.7 Å². The second-order valence-corrected chi connectivity index (χ2v) is 14.8. The zero-order valence-corrected chi connectivity index (χ0v) is 24.2. The Kier molecular flexibility index (Phi) is 7.34. The van der Waals surface area contributed by atoms with E-state index in [1.165, 1.54) is 34.8 Å². The maximum atomic E-state index is 15.7. The molecule has 3 heterocycles. The number of aromatic nitrogens is 1. The molecule has 5 rings (SSSR count). The highest BCUT2D eigenvalue weighted by atomic mass is 28.4. The first-order chi connectivity index (χ1) is 19.4. The highest BCUT2D eigenvalue weighted by molar-refractivity contribution is 6.72. The lowest BCUT2D eigenvalue weighted by Gasteiger charge is -2.31. The van der Waals surface area contributed by atoms with E-state index in [0.717, 1.165) is 5.56 Å². The van der Waals surface area contributed by atoms with Crippen molar-refractivity contribution in [1.29, 1.82) is 0 Å². The molecule has 0 aliphatic carbocycles. The van der Waals surface area contributed by atoms with Gasteiger partial charge in [0.05, 0.1) is 30.4 Å². The summed E-state index contributed by atoms with van der Waals surface area (Å²) in [6.07, 6.45) is 1.07. The lowest BCUT2D eigenvalue weighted by atomic mass is 9.82. The minimum absolute atomic E-state index is 0.126. The van der Waals surface area contributed by atoms with Crippen molar-refractivity contribution in [2.24, 2.45) is 5.92 Å². The molecule has 1 fully saturated rings. The number of hydrogen-bond acceptors (Lipinski definition) is 7. The number of rotatable bonds is 8. The maximum Gasteiger partial charge on any atom is 0.297 e. The lowest BCUT2D eigenvalue weighted by molar-refractivity contribution is -0.385. The summed E-state index contributed by atoms with van der Waals surface area (Å²) in [4.78, 5) is 39.6. The molecule has 4 atom stereocenters. The Bertz CT molecular complexity index is 1560. The van der Waals surface area contributed by atoms with E-state index in [2.05, 4.69) is 0 Å². The van der Waals surface area contributed by atoms with Crippen LogP contribution in [0, 0.1) is 16.0 Å². The zero-order valence-electron chi connectivity index (χ0n) is 23.2. The van der Waals surface area contributed by atoms with Gasteiger partial charge in [0.25, 0.3) is 17.2 Å². The Morgan fingerprint density at radius 2 is 1.88 bits per heavy atom. The first kappa shape index (κ1) is 28.6.